The Hall–Kier alpha value is -0.130. The topological polar surface area (TPSA) is 49.4 Å². The molecule has 1 aliphatic rings. The van der Waals surface area contributed by atoms with Gasteiger partial charge in [-0.25, -0.2) is 8.42 Å². The van der Waals surface area contributed by atoms with Crippen LogP contribution in [0.1, 0.15) is 33.6 Å². The van der Waals surface area contributed by atoms with Crippen molar-refractivity contribution in [2.45, 2.75) is 33.6 Å². The summed E-state index contributed by atoms with van der Waals surface area (Å²) in [4.78, 5) is 2.32. The fourth-order valence-electron chi connectivity index (χ4n) is 2.55. The lowest BCUT2D eigenvalue weighted by atomic mass is 9.81. The molecule has 1 rings (SSSR count). The minimum Gasteiger partial charge on any atom is -0.316 e. The Morgan fingerprint density at radius 3 is 2.11 bits per heavy atom. The lowest BCUT2D eigenvalue weighted by molar-refractivity contribution is 0.142. The zero-order valence-electron chi connectivity index (χ0n) is 12.0. The van der Waals surface area contributed by atoms with Gasteiger partial charge in [-0.3, -0.25) is 0 Å². The second-order valence-electron chi connectivity index (χ2n) is 5.42. The first-order valence-electron chi connectivity index (χ1n) is 7.10. The lowest BCUT2D eigenvalue weighted by Crippen LogP contribution is -2.48. The number of rotatable bonds is 7. The molecule has 0 atom stereocenters. The first-order chi connectivity index (χ1) is 8.47. The van der Waals surface area contributed by atoms with E-state index >= 15 is 0 Å². The van der Waals surface area contributed by atoms with Crippen LogP contribution in [0.3, 0.4) is 0 Å². The molecule has 0 radical (unpaired) electrons. The van der Waals surface area contributed by atoms with Gasteiger partial charge in [0, 0.05) is 26.2 Å². The molecule has 0 aromatic heterocycles. The molecule has 0 bridgehead atoms. The standard InChI is InChI=1S/C13H28N2O2S/c1-4-13(5-2,11-14-6-3)12-15-7-9-18(16,17)10-8-15/h14H,4-12H2,1-3H3. The van der Waals surface area contributed by atoms with Gasteiger partial charge < -0.3 is 10.2 Å². The molecule has 0 saturated carbocycles. The van der Waals surface area contributed by atoms with Crippen molar-refractivity contribution < 1.29 is 8.42 Å². The summed E-state index contributed by atoms with van der Waals surface area (Å²) >= 11 is 0. The molecule has 1 aliphatic heterocycles. The maximum atomic E-state index is 11.4. The van der Waals surface area contributed by atoms with Crippen molar-refractivity contribution >= 4 is 9.84 Å². The quantitative estimate of drug-likeness (QED) is 0.757. The molecule has 0 aliphatic carbocycles. The molecular weight excluding hydrogens is 248 g/mol. The highest BCUT2D eigenvalue weighted by Crippen LogP contribution is 2.27. The van der Waals surface area contributed by atoms with Gasteiger partial charge in [0.25, 0.3) is 0 Å². The highest BCUT2D eigenvalue weighted by Gasteiger charge is 2.31. The fraction of sp³-hybridized carbons (Fsp3) is 1.00. The maximum Gasteiger partial charge on any atom is 0.152 e. The molecule has 1 heterocycles. The van der Waals surface area contributed by atoms with Crippen LogP contribution in [0.25, 0.3) is 0 Å². The lowest BCUT2D eigenvalue weighted by Gasteiger charge is -2.39. The molecule has 0 aromatic rings. The Kier molecular flexibility index (Phi) is 6.08. The van der Waals surface area contributed by atoms with Gasteiger partial charge in [-0.05, 0) is 24.8 Å². The van der Waals surface area contributed by atoms with Gasteiger partial charge >= 0.3 is 0 Å². The Bertz CT molecular complexity index is 323. The van der Waals surface area contributed by atoms with Crippen LogP contribution >= 0.6 is 0 Å². The Morgan fingerprint density at radius 1 is 1.11 bits per heavy atom. The van der Waals surface area contributed by atoms with E-state index in [1.54, 1.807) is 0 Å². The second kappa shape index (κ2) is 6.87. The van der Waals surface area contributed by atoms with E-state index in [0.717, 1.165) is 32.5 Å². The SMILES string of the molecule is CCNCC(CC)(CC)CN1CCS(=O)(=O)CC1. The molecule has 0 unspecified atom stereocenters. The maximum absolute atomic E-state index is 11.4. The van der Waals surface area contributed by atoms with Crippen molar-refractivity contribution in [3.05, 3.63) is 0 Å². The number of hydrogen-bond donors (Lipinski definition) is 1. The van der Waals surface area contributed by atoms with Crippen molar-refractivity contribution in [3.63, 3.8) is 0 Å². The largest absolute Gasteiger partial charge is 0.316 e. The third kappa shape index (κ3) is 4.52. The van der Waals surface area contributed by atoms with E-state index in [-0.39, 0.29) is 5.41 Å². The summed E-state index contributed by atoms with van der Waals surface area (Å²) in [5.74, 6) is 0.662. The highest BCUT2D eigenvalue weighted by atomic mass is 32.2. The number of hydrogen-bond acceptors (Lipinski definition) is 4. The van der Waals surface area contributed by atoms with Gasteiger partial charge in [0.05, 0.1) is 11.5 Å². The molecule has 0 spiro atoms. The minimum atomic E-state index is -2.76. The van der Waals surface area contributed by atoms with Crippen molar-refractivity contribution in [2.75, 3.05) is 44.2 Å². The van der Waals surface area contributed by atoms with Gasteiger partial charge in [0.2, 0.25) is 0 Å². The van der Waals surface area contributed by atoms with E-state index in [0.29, 0.717) is 24.6 Å². The van der Waals surface area contributed by atoms with Crippen molar-refractivity contribution in [1.29, 1.82) is 0 Å². The monoisotopic (exact) mass is 276 g/mol. The van der Waals surface area contributed by atoms with Gasteiger partial charge in [0.1, 0.15) is 0 Å². The van der Waals surface area contributed by atoms with Gasteiger partial charge in [-0.1, -0.05) is 20.8 Å². The van der Waals surface area contributed by atoms with Crippen LogP contribution in [0.4, 0.5) is 0 Å². The Balaban J connectivity index is 2.56. The van der Waals surface area contributed by atoms with Gasteiger partial charge in [-0.2, -0.15) is 0 Å². The summed E-state index contributed by atoms with van der Waals surface area (Å²) < 4.78 is 22.9. The molecule has 0 amide bonds. The third-order valence-electron chi connectivity index (χ3n) is 4.25. The molecule has 0 aromatic carbocycles. The molecule has 1 fully saturated rings. The van der Waals surface area contributed by atoms with Crippen LogP contribution in [-0.4, -0.2) is 57.5 Å². The normalized spacial score (nSPS) is 21.1. The van der Waals surface area contributed by atoms with Crippen molar-refractivity contribution in [2.24, 2.45) is 5.41 Å². The molecule has 1 saturated heterocycles. The number of nitrogens with zero attached hydrogens (tertiary/aromatic N) is 1. The molecular formula is C13H28N2O2S. The number of sulfone groups is 1. The van der Waals surface area contributed by atoms with Crippen LogP contribution in [0.2, 0.25) is 0 Å². The average molecular weight is 276 g/mol. The van der Waals surface area contributed by atoms with Gasteiger partial charge in [-0.15, -0.1) is 0 Å². The summed E-state index contributed by atoms with van der Waals surface area (Å²) in [6.45, 7) is 11.1. The van der Waals surface area contributed by atoms with E-state index in [9.17, 15) is 8.42 Å². The van der Waals surface area contributed by atoms with E-state index < -0.39 is 9.84 Å². The summed E-state index contributed by atoms with van der Waals surface area (Å²) in [5.41, 5.74) is 0.289. The zero-order valence-corrected chi connectivity index (χ0v) is 12.9. The average Bonchev–Trinajstić information content (AvgIpc) is 2.37. The molecule has 5 heteroatoms. The summed E-state index contributed by atoms with van der Waals surface area (Å²) in [6, 6.07) is 0. The van der Waals surface area contributed by atoms with E-state index in [2.05, 4.69) is 31.0 Å². The third-order valence-corrected chi connectivity index (χ3v) is 5.86. The molecule has 108 valence electrons. The summed E-state index contributed by atoms with van der Waals surface area (Å²) in [7, 11) is -2.76. The first kappa shape index (κ1) is 15.9. The predicted molar refractivity (Wildman–Crippen MR) is 76.7 cm³/mol. The Morgan fingerprint density at radius 2 is 1.67 bits per heavy atom. The first-order valence-corrected chi connectivity index (χ1v) is 8.92. The van der Waals surface area contributed by atoms with Crippen LogP contribution in [0.5, 0.6) is 0 Å². The predicted octanol–water partition coefficient (Wildman–Crippen LogP) is 1.13. The molecule has 18 heavy (non-hydrogen) atoms. The van der Waals surface area contributed by atoms with Crippen LogP contribution in [0.15, 0.2) is 0 Å². The van der Waals surface area contributed by atoms with Crippen molar-refractivity contribution in [3.8, 4) is 0 Å². The van der Waals surface area contributed by atoms with Crippen LogP contribution in [-0.2, 0) is 9.84 Å². The minimum absolute atomic E-state index is 0.289. The van der Waals surface area contributed by atoms with E-state index in [1.165, 1.54) is 0 Å². The number of nitrogens with one attached hydrogen (secondary N) is 1. The second-order valence-corrected chi connectivity index (χ2v) is 7.72. The zero-order chi connectivity index (χ0) is 13.6. The van der Waals surface area contributed by atoms with E-state index in [4.69, 9.17) is 0 Å². The van der Waals surface area contributed by atoms with Crippen LogP contribution in [0, 0.1) is 5.41 Å². The Labute approximate surface area is 112 Å². The molecule has 1 N–H and O–H groups in total. The van der Waals surface area contributed by atoms with Gasteiger partial charge in [0.15, 0.2) is 9.84 Å². The summed E-state index contributed by atoms with van der Waals surface area (Å²) in [5, 5.41) is 3.45. The van der Waals surface area contributed by atoms with E-state index in [1.807, 2.05) is 0 Å². The smallest absolute Gasteiger partial charge is 0.152 e. The highest BCUT2D eigenvalue weighted by molar-refractivity contribution is 7.91. The fourth-order valence-corrected chi connectivity index (χ4v) is 3.83. The van der Waals surface area contributed by atoms with Crippen molar-refractivity contribution in [1.82, 2.24) is 10.2 Å². The van der Waals surface area contributed by atoms with Crippen LogP contribution < -0.4 is 5.32 Å². The molecule has 4 nitrogen and oxygen atoms in total. The summed E-state index contributed by atoms with van der Waals surface area (Å²) in [6.07, 6.45) is 2.28.